The Morgan fingerprint density at radius 1 is 0.917 bits per heavy atom. The standard InChI is InChI=1S/C18H31N5O/c24-13-16-10-11-17(22(16)12-14-6-4-5-7-14)18-19-20-21-23(18)15-8-2-1-3-9-15/h14-17,24H,1-13H2/t16-,17-/m0/s1. The summed E-state index contributed by atoms with van der Waals surface area (Å²) in [6, 6.07) is 1.05. The van der Waals surface area contributed by atoms with Crippen molar-refractivity contribution in [2.24, 2.45) is 5.92 Å². The lowest BCUT2D eigenvalue weighted by atomic mass is 9.95. The summed E-state index contributed by atoms with van der Waals surface area (Å²) in [6.07, 6.45) is 13.9. The van der Waals surface area contributed by atoms with Crippen LogP contribution in [0.25, 0.3) is 0 Å². The predicted octanol–water partition coefficient (Wildman–Crippen LogP) is 2.87. The summed E-state index contributed by atoms with van der Waals surface area (Å²) in [7, 11) is 0. The highest BCUT2D eigenvalue weighted by atomic mass is 16.3. The van der Waals surface area contributed by atoms with Crippen LogP contribution in [0.2, 0.25) is 0 Å². The molecule has 2 heterocycles. The third kappa shape index (κ3) is 3.23. The van der Waals surface area contributed by atoms with Crippen LogP contribution >= 0.6 is 0 Å². The van der Waals surface area contributed by atoms with Gasteiger partial charge < -0.3 is 5.11 Å². The lowest BCUT2D eigenvalue weighted by molar-refractivity contribution is 0.105. The molecule has 6 heteroatoms. The third-order valence-electron chi connectivity index (χ3n) is 6.53. The number of likely N-dealkylation sites (tertiary alicyclic amines) is 1. The summed E-state index contributed by atoms with van der Waals surface area (Å²) >= 11 is 0. The van der Waals surface area contributed by atoms with Gasteiger partial charge in [0.25, 0.3) is 0 Å². The first-order valence-electron chi connectivity index (χ1n) is 10.0. The van der Waals surface area contributed by atoms with E-state index >= 15 is 0 Å². The molecule has 1 aromatic rings. The Balaban J connectivity index is 1.54. The van der Waals surface area contributed by atoms with Gasteiger partial charge in [-0.2, -0.15) is 0 Å². The summed E-state index contributed by atoms with van der Waals surface area (Å²) in [5.41, 5.74) is 0. The largest absolute Gasteiger partial charge is 0.395 e. The van der Waals surface area contributed by atoms with Gasteiger partial charge in [-0.3, -0.25) is 4.90 Å². The Kier molecular flexibility index (Phi) is 5.13. The summed E-state index contributed by atoms with van der Waals surface area (Å²) < 4.78 is 2.13. The fraction of sp³-hybridized carbons (Fsp3) is 0.944. The van der Waals surface area contributed by atoms with Crippen LogP contribution < -0.4 is 0 Å². The highest BCUT2D eigenvalue weighted by molar-refractivity contribution is 5.02. The van der Waals surface area contributed by atoms with Crippen LogP contribution in [0.4, 0.5) is 0 Å². The molecule has 0 radical (unpaired) electrons. The summed E-state index contributed by atoms with van der Waals surface area (Å²) in [5.74, 6) is 1.84. The molecule has 134 valence electrons. The molecule has 6 nitrogen and oxygen atoms in total. The minimum Gasteiger partial charge on any atom is -0.395 e. The molecule has 3 aliphatic rings. The van der Waals surface area contributed by atoms with E-state index in [-0.39, 0.29) is 12.6 Å². The first-order chi connectivity index (χ1) is 11.9. The van der Waals surface area contributed by atoms with E-state index in [0.717, 1.165) is 31.1 Å². The minimum absolute atomic E-state index is 0.258. The van der Waals surface area contributed by atoms with Crippen LogP contribution in [-0.4, -0.2) is 49.4 Å². The second-order valence-corrected chi connectivity index (χ2v) is 8.05. The Morgan fingerprint density at radius 3 is 2.42 bits per heavy atom. The van der Waals surface area contributed by atoms with Gasteiger partial charge in [0.1, 0.15) is 0 Å². The van der Waals surface area contributed by atoms with Gasteiger partial charge in [0.05, 0.1) is 18.7 Å². The van der Waals surface area contributed by atoms with E-state index < -0.39 is 0 Å². The lowest BCUT2D eigenvalue weighted by Crippen LogP contribution is -2.38. The fourth-order valence-corrected chi connectivity index (χ4v) is 5.18. The highest BCUT2D eigenvalue weighted by Crippen LogP contribution is 2.39. The van der Waals surface area contributed by atoms with Crippen LogP contribution in [0, 0.1) is 5.92 Å². The Labute approximate surface area is 144 Å². The monoisotopic (exact) mass is 333 g/mol. The van der Waals surface area contributed by atoms with Crippen LogP contribution in [-0.2, 0) is 0 Å². The van der Waals surface area contributed by atoms with Crippen molar-refractivity contribution in [3.05, 3.63) is 5.82 Å². The topological polar surface area (TPSA) is 67.1 Å². The van der Waals surface area contributed by atoms with Crippen molar-refractivity contribution in [2.75, 3.05) is 13.2 Å². The van der Waals surface area contributed by atoms with Crippen LogP contribution in [0.3, 0.4) is 0 Å². The number of tetrazole rings is 1. The maximum atomic E-state index is 9.84. The van der Waals surface area contributed by atoms with Crippen LogP contribution in [0.5, 0.6) is 0 Å². The van der Waals surface area contributed by atoms with Gasteiger partial charge in [-0.05, 0) is 54.9 Å². The number of aliphatic hydroxyl groups excluding tert-OH is 1. The zero-order valence-electron chi connectivity index (χ0n) is 14.7. The minimum atomic E-state index is 0.258. The van der Waals surface area contributed by atoms with Crippen molar-refractivity contribution < 1.29 is 5.11 Å². The van der Waals surface area contributed by atoms with Crippen molar-refractivity contribution in [1.29, 1.82) is 0 Å². The molecule has 1 saturated heterocycles. The molecule has 3 fully saturated rings. The lowest BCUT2D eigenvalue weighted by Gasteiger charge is -2.32. The molecule has 0 aromatic carbocycles. The molecular weight excluding hydrogens is 302 g/mol. The van der Waals surface area contributed by atoms with Gasteiger partial charge in [-0.1, -0.05) is 32.1 Å². The van der Waals surface area contributed by atoms with Crippen molar-refractivity contribution in [3.8, 4) is 0 Å². The normalized spacial score (nSPS) is 30.4. The molecule has 2 aliphatic carbocycles. The molecule has 1 aromatic heterocycles. The average Bonchev–Trinajstić information content (AvgIpc) is 3.36. The van der Waals surface area contributed by atoms with E-state index in [0.29, 0.717) is 12.1 Å². The molecule has 24 heavy (non-hydrogen) atoms. The van der Waals surface area contributed by atoms with Gasteiger partial charge in [0.15, 0.2) is 5.82 Å². The number of aromatic nitrogens is 4. The number of hydrogen-bond acceptors (Lipinski definition) is 5. The quantitative estimate of drug-likeness (QED) is 0.897. The Bertz CT molecular complexity index is 521. The second kappa shape index (κ2) is 7.48. The first kappa shape index (κ1) is 16.5. The molecule has 4 rings (SSSR count). The summed E-state index contributed by atoms with van der Waals surface area (Å²) in [6.45, 7) is 1.36. The van der Waals surface area contributed by atoms with Gasteiger partial charge >= 0.3 is 0 Å². The smallest absolute Gasteiger partial charge is 0.168 e. The predicted molar refractivity (Wildman–Crippen MR) is 91.5 cm³/mol. The van der Waals surface area contributed by atoms with Gasteiger partial charge in [0, 0.05) is 12.6 Å². The number of hydrogen-bond donors (Lipinski definition) is 1. The molecule has 2 saturated carbocycles. The summed E-state index contributed by atoms with van der Waals surface area (Å²) in [4.78, 5) is 2.53. The molecule has 0 amide bonds. The molecule has 0 unspecified atom stereocenters. The van der Waals surface area contributed by atoms with Gasteiger partial charge in [0.2, 0.25) is 0 Å². The maximum absolute atomic E-state index is 9.84. The fourth-order valence-electron chi connectivity index (χ4n) is 5.18. The van der Waals surface area contributed by atoms with Gasteiger partial charge in [-0.25, -0.2) is 4.68 Å². The van der Waals surface area contributed by atoms with Crippen molar-refractivity contribution in [3.63, 3.8) is 0 Å². The van der Waals surface area contributed by atoms with E-state index in [1.807, 2.05) is 0 Å². The molecular formula is C18H31N5O. The molecule has 0 spiro atoms. The molecule has 1 aliphatic heterocycles. The number of nitrogens with zero attached hydrogens (tertiary/aromatic N) is 5. The molecule has 0 bridgehead atoms. The summed E-state index contributed by atoms with van der Waals surface area (Å²) in [5, 5.41) is 22.7. The Hall–Kier alpha value is -1.01. The zero-order valence-corrected chi connectivity index (χ0v) is 14.7. The zero-order chi connectivity index (χ0) is 16.4. The number of aliphatic hydroxyl groups is 1. The number of rotatable bonds is 5. The molecule has 1 N–H and O–H groups in total. The van der Waals surface area contributed by atoms with E-state index in [2.05, 4.69) is 25.1 Å². The maximum Gasteiger partial charge on any atom is 0.168 e. The van der Waals surface area contributed by atoms with Crippen molar-refractivity contribution >= 4 is 0 Å². The molecule has 2 atom stereocenters. The third-order valence-corrected chi connectivity index (χ3v) is 6.53. The van der Waals surface area contributed by atoms with Crippen molar-refractivity contribution in [1.82, 2.24) is 25.1 Å². The van der Waals surface area contributed by atoms with Crippen molar-refractivity contribution in [2.45, 2.75) is 88.8 Å². The Morgan fingerprint density at radius 2 is 1.67 bits per heavy atom. The van der Waals surface area contributed by atoms with E-state index in [1.165, 1.54) is 57.8 Å². The second-order valence-electron chi connectivity index (χ2n) is 8.05. The van der Waals surface area contributed by atoms with E-state index in [4.69, 9.17) is 0 Å². The SMILES string of the molecule is OC[C@@H]1CC[C@@H](c2nnnn2C2CCCCC2)N1CC1CCCC1. The van der Waals surface area contributed by atoms with Crippen LogP contribution in [0.1, 0.15) is 88.5 Å². The first-order valence-corrected chi connectivity index (χ1v) is 10.0. The van der Waals surface area contributed by atoms with Gasteiger partial charge in [-0.15, -0.1) is 5.10 Å². The van der Waals surface area contributed by atoms with Crippen LogP contribution in [0.15, 0.2) is 0 Å². The van der Waals surface area contributed by atoms with E-state index in [9.17, 15) is 5.11 Å². The van der Waals surface area contributed by atoms with E-state index in [1.54, 1.807) is 0 Å². The average molecular weight is 333 g/mol. The highest BCUT2D eigenvalue weighted by Gasteiger charge is 2.39.